The number of nitrogens with zero attached hydrogens (tertiary/aromatic N) is 1. The highest BCUT2D eigenvalue weighted by molar-refractivity contribution is 7.89. The van der Waals surface area contributed by atoms with Crippen LogP contribution in [0, 0.1) is 0 Å². The van der Waals surface area contributed by atoms with E-state index in [0.29, 0.717) is 39.0 Å². The summed E-state index contributed by atoms with van der Waals surface area (Å²) in [5.74, 6) is -0.346. The van der Waals surface area contributed by atoms with Crippen LogP contribution in [0.3, 0.4) is 0 Å². The number of hydrogen-bond donors (Lipinski definition) is 2. The third-order valence-electron chi connectivity index (χ3n) is 7.05. The van der Waals surface area contributed by atoms with Crippen molar-refractivity contribution in [2.75, 3.05) is 20.3 Å². The molecule has 1 atom stereocenters. The highest BCUT2D eigenvalue weighted by Gasteiger charge is 2.30. The highest BCUT2D eigenvalue weighted by Crippen LogP contribution is 2.23. The Kier molecular flexibility index (Phi) is 11.1. The molecule has 1 aliphatic rings. The Labute approximate surface area is 243 Å². The van der Waals surface area contributed by atoms with E-state index in [-0.39, 0.29) is 29.2 Å². The van der Waals surface area contributed by atoms with Crippen molar-refractivity contribution in [3.63, 3.8) is 0 Å². The monoisotopic (exact) mass is 577 g/mol. The predicted octanol–water partition coefficient (Wildman–Crippen LogP) is 3.85. The van der Waals surface area contributed by atoms with Gasteiger partial charge in [-0.05, 0) is 54.5 Å². The first-order valence-corrected chi connectivity index (χ1v) is 15.6. The lowest BCUT2D eigenvalue weighted by atomic mass is 10.0. The summed E-state index contributed by atoms with van der Waals surface area (Å²) < 4.78 is 32.8. The quantitative estimate of drug-likeness (QED) is 0.252. The van der Waals surface area contributed by atoms with Crippen molar-refractivity contribution in [2.45, 2.75) is 62.0 Å². The van der Waals surface area contributed by atoms with Gasteiger partial charge in [-0.3, -0.25) is 9.59 Å². The number of ether oxygens (including phenoxy) is 1. The van der Waals surface area contributed by atoms with Crippen molar-refractivity contribution < 1.29 is 22.7 Å². The minimum absolute atomic E-state index is 0.0360. The van der Waals surface area contributed by atoms with Gasteiger partial charge < -0.3 is 15.0 Å². The molecule has 0 aromatic heterocycles. The van der Waals surface area contributed by atoms with Gasteiger partial charge >= 0.3 is 0 Å². The first kappa shape index (κ1) is 30.4. The molecule has 0 aliphatic heterocycles. The van der Waals surface area contributed by atoms with E-state index in [4.69, 9.17) is 4.74 Å². The highest BCUT2D eigenvalue weighted by atomic mass is 32.2. The number of nitrogens with one attached hydrogen (secondary N) is 2. The van der Waals surface area contributed by atoms with Crippen LogP contribution in [-0.4, -0.2) is 57.5 Å². The summed E-state index contributed by atoms with van der Waals surface area (Å²) in [4.78, 5) is 29.2. The smallest absolute Gasteiger partial charge is 0.243 e. The number of methoxy groups -OCH3 is 1. The minimum atomic E-state index is -3.53. The molecule has 0 radical (unpaired) electrons. The molecule has 0 unspecified atom stereocenters. The zero-order valence-electron chi connectivity index (χ0n) is 23.5. The maximum absolute atomic E-state index is 13.8. The zero-order valence-corrected chi connectivity index (χ0v) is 24.3. The van der Waals surface area contributed by atoms with Crippen LogP contribution >= 0.6 is 0 Å². The molecule has 218 valence electrons. The Bertz CT molecular complexity index is 1360. The standard InChI is InChI=1S/C32H39N3O5S/c1-40-22-8-21-33-32(37)30(23-26-9-4-2-5-10-26)35(24-27-11-6-3-7-12-27)31(36)20-15-25-13-18-29(19-14-25)41(38,39)34-28-16-17-28/h2-7,9-14,18-19,28,30,34H,8,15-17,20-24H2,1H3,(H,33,37)/t30-/m1/s1. The first-order valence-electron chi connectivity index (χ1n) is 14.1. The Morgan fingerprint density at radius 2 is 1.54 bits per heavy atom. The minimum Gasteiger partial charge on any atom is -0.385 e. The van der Waals surface area contributed by atoms with Gasteiger partial charge in [-0.15, -0.1) is 0 Å². The third-order valence-corrected chi connectivity index (χ3v) is 8.59. The summed E-state index contributed by atoms with van der Waals surface area (Å²) in [5.41, 5.74) is 2.75. The summed E-state index contributed by atoms with van der Waals surface area (Å²) in [7, 11) is -1.91. The molecular weight excluding hydrogens is 538 g/mol. The molecule has 8 nitrogen and oxygen atoms in total. The van der Waals surface area contributed by atoms with Gasteiger partial charge in [0.15, 0.2) is 0 Å². The summed E-state index contributed by atoms with van der Waals surface area (Å²) in [6.45, 7) is 1.29. The molecule has 9 heteroatoms. The van der Waals surface area contributed by atoms with Gasteiger partial charge in [0.25, 0.3) is 0 Å². The van der Waals surface area contributed by atoms with Gasteiger partial charge in [0, 0.05) is 45.7 Å². The molecule has 3 aromatic rings. The first-order chi connectivity index (χ1) is 19.9. The zero-order chi connectivity index (χ0) is 29.1. The number of sulfonamides is 1. The van der Waals surface area contributed by atoms with Crippen molar-refractivity contribution in [1.29, 1.82) is 0 Å². The second kappa shape index (κ2) is 14.9. The second-order valence-electron chi connectivity index (χ2n) is 10.4. The van der Waals surface area contributed by atoms with E-state index >= 15 is 0 Å². The number of amides is 2. The van der Waals surface area contributed by atoms with Crippen molar-refractivity contribution in [3.05, 3.63) is 102 Å². The van der Waals surface area contributed by atoms with Gasteiger partial charge in [0.05, 0.1) is 4.90 Å². The largest absolute Gasteiger partial charge is 0.385 e. The van der Waals surface area contributed by atoms with E-state index in [1.54, 1.807) is 36.3 Å². The number of carbonyl (C=O) groups excluding carboxylic acids is 2. The van der Waals surface area contributed by atoms with Crippen molar-refractivity contribution in [2.24, 2.45) is 0 Å². The maximum atomic E-state index is 13.8. The normalized spacial score (nSPS) is 13.9. The molecule has 3 aromatic carbocycles. The molecule has 4 rings (SSSR count). The number of rotatable bonds is 16. The molecule has 1 fully saturated rings. The molecule has 1 aliphatic carbocycles. The fourth-order valence-electron chi connectivity index (χ4n) is 4.60. The third kappa shape index (κ3) is 9.52. The molecule has 0 spiro atoms. The number of aryl methyl sites for hydroxylation is 1. The van der Waals surface area contributed by atoms with Crippen LogP contribution in [0.25, 0.3) is 0 Å². The SMILES string of the molecule is COCCCNC(=O)[C@@H](Cc1ccccc1)N(Cc1ccccc1)C(=O)CCc1ccc(S(=O)(=O)NC2CC2)cc1. The average Bonchev–Trinajstić information content (AvgIpc) is 3.80. The van der Waals surface area contributed by atoms with Gasteiger partial charge in [-0.2, -0.15) is 0 Å². The van der Waals surface area contributed by atoms with Crippen LogP contribution in [0.1, 0.15) is 42.4 Å². The fourth-order valence-corrected chi connectivity index (χ4v) is 5.90. The van der Waals surface area contributed by atoms with Gasteiger partial charge in [-0.25, -0.2) is 13.1 Å². The van der Waals surface area contributed by atoms with Crippen LogP contribution in [0.5, 0.6) is 0 Å². The molecular formula is C32H39N3O5S. The lowest BCUT2D eigenvalue weighted by Gasteiger charge is -2.31. The van der Waals surface area contributed by atoms with Crippen LogP contribution in [0.4, 0.5) is 0 Å². The summed E-state index contributed by atoms with van der Waals surface area (Å²) >= 11 is 0. The summed E-state index contributed by atoms with van der Waals surface area (Å²) in [6.07, 6.45) is 3.41. The van der Waals surface area contributed by atoms with E-state index in [2.05, 4.69) is 10.0 Å². The molecule has 0 heterocycles. The summed E-state index contributed by atoms with van der Waals surface area (Å²) in [6, 6.07) is 25.4. The topological polar surface area (TPSA) is 105 Å². The molecule has 41 heavy (non-hydrogen) atoms. The molecule has 0 bridgehead atoms. The molecule has 2 amide bonds. The second-order valence-corrected chi connectivity index (χ2v) is 12.1. The van der Waals surface area contributed by atoms with E-state index in [1.807, 2.05) is 60.7 Å². The van der Waals surface area contributed by atoms with E-state index in [0.717, 1.165) is 29.5 Å². The summed E-state index contributed by atoms with van der Waals surface area (Å²) in [5, 5.41) is 3.00. The Morgan fingerprint density at radius 1 is 0.902 bits per heavy atom. The van der Waals surface area contributed by atoms with Crippen molar-refractivity contribution in [1.82, 2.24) is 14.9 Å². The molecule has 0 saturated heterocycles. The van der Waals surface area contributed by atoms with Gasteiger partial charge in [0.1, 0.15) is 6.04 Å². The van der Waals surface area contributed by atoms with Crippen molar-refractivity contribution >= 4 is 21.8 Å². The van der Waals surface area contributed by atoms with Crippen LogP contribution in [-0.2, 0) is 43.7 Å². The van der Waals surface area contributed by atoms with E-state index in [1.165, 1.54) is 0 Å². The number of carbonyl (C=O) groups is 2. The van der Waals surface area contributed by atoms with Crippen LogP contribution in [0.15, 0.2) is 89.8 Å². The predicted molar refractivity (Wildman–Crippen MR) is 159 cm³/mol. The van der Waals surface area contributed by atoms with Crippen LogP contribution < -0.4 is 10.0 Å². The lowest BCUT2D eigenvalue weighted by molar-refractivity contribution is -0.141. The van der Waals surface area contributed by atoms with E-state index in [9.17, 15) is 18.0 Å². The molecule has 1 saturated carbocycles. The van der Waals surface area contributed by atoms with Gasteiger partial charge in [0.2, 0.25) is 21.8 Å². The maximum Gasteiger partial charge on any atom is 0.243 e. The van der Waals surface area contributed by atoms with Gasteiger partial charge in [-0.1, -0.05) is 72.8 Å². The fraction of sp³-hybridized carbons (Fsp3) is 0.375. The number of benzene rings is 3. The average molecular weight is 578 g/mol. The molecule has 2 N–H and O–H groups in total. The Hall–Kier alpha value is -3.53. The Balaban J connectivity index is 1.51. The van der Waals surface area contributed by atoms with E-state index < -0.39 is 16.1 Å². The lowest BCUT2D eigenvalue weighted by Crippen LogP contribution is -2.50. The van der Waals surface area contributed by atoms with Crippen LogP contribution in [0.2, 0.25) is 0 Å². The number of hydrogen-bond acceptors (Lipinski definition) is 5. The Morgan fingerprint density at radius 3 is 2.15 bits per heavy atom. The van der Waals surface area contributed by atoms with Crippen molar-refractivity contribution in [3.8, 4) is 0 Å².